The Balaban J connectivity index is 2.07. The van der Waals surface area contributed by atoms with E-state index in [1.165, 1.54) is 13.1 Å². The van der Waals surface area contributed by atoms with Gasteiger partial charge in [-0.25, -0.2) is 13.1 Å². The highest BCUT2D eigenvalue weighted by atomic mass is 32.2. The summed E-state index contributed by atoms with van der Waals surface area (Å²) < 4.78 is 26.0. The van der Waals surface area contributed by atoms with Gasteiger partial charge < -0.3 is 16.0 Å². The van der Waals surface area contributed by atoms with Crippen LogP contribution in [0.25, 0.3) is 0 Å². The summed E-state index contributed by atoms with van der Waals surface area (Å²) in [4.78, 5) is 26.0. The van der Waals surface area contributed by atoms with Crippen LogP contribution in [0.4, 0.5) is 5.69 Å². The van der Waals surface area contributed by atoms with E-state index in [2.05, 4.69) is 10.0 Å². The van der Waals surface area contributed by atoms with E-state index in [1.807, 2.05) is 13.8 Å². The molecule has 1 aliphatic rings. The van der Waals surface area contributed by atoms with Gasteiger partial charge in [0.1, 0.15) is 0 Å². The van der Waals surface area contributed by atoms with Gasteiger partial charge in [0.05, 0.1) is 17.5 Å². The molecule has 0 radical (unpaired) electrons. The van der Waals surface area contributed by atoms with Gasteiger partial charge in [0.2, 0.25) is 21.8 Å². The first-order valence-electron chi connectivity index (χ1n) is 8.07. The lowest BCUT2D eigenvalue weighted by atomic mass is 10.1. The highest BCUT2D eigenvalue weighted by molar-refractivity contribution is 7.89. The Kier molecular flexibility index (Phi) is 5.81. The zero-order valence-electron chi connectivity index (χ0n) is 14.6. The van der Waals surface area contributed by atoms with Crippen LogP contribution in [0.5, 0.6) is 0 Å². The van der Waals surface area contributed by atoms with E-state index in [4.69, 9.17) is 5.73 Å². The number of rotatable bonds is 6. The van der Waals surface area contributed by atoms with E-state index in [-0.39, 0.29) is 29.2 Å². The van der Waals surface area contributed by atoms with E-state index in [0.29, 0.717) is 18.7 Å². The van der Waals surface area contributed by atoms with Gasteiger partial charge in [0.25, 0.3) is 0 Å². The molecule has 1 aliphatic heterocycles. The summed E-state index contributed by atoms with van der Waals surface area (Å²) in [5, 5.41) is 2.55. The van der Waals surface area contributed by atoms with Gasteiger partial charge in [0, 0.05) is 12.2 Å². The molecule has 4 N–H and O–H groups in total. The molecule has 0 aromatic heterocycles. The zero-order chi connectivity index (χ0) is 18.8. The monoisotopic (exact) mass is 368 g/mol. The number of nitrogens with two attached hydrogens (primary N) is 1. The van der Waals surface area contributed by atoms with Crippen molar-refractivity contribution in [3.8, 4) is 0 Å². The lowest BCUT2D eigenvalue weighted by Crippen LogP contribution is -2.47. The summed E-state index contributed by atoms with van der Waals surface area (Å²) in [7, 11) is -2.17. The number of nitrogens with zero attached hydrogens (tertiary/aromatic N) is 1. The Hall–Kier alpha value is -1.97. The maximum absolute atomic E-state index is 12.4. The molecule has 0 spiro atoms. The average molecular weight is 368 g/mol. The van der Waals surface area contributed by atoms with E-state index in [1.54, 1.807) is 17.0 Å². The van der Waals surface area contributed by atoms with Crippen molar-refractivity contribution in [2.24, 2.45) is 11.7 Å². The summed E-state index contributed by atoms with van der Waals surface area (Å²) in [6, 6.07) is 3.99. The van der Waals surface area contributed by atoms with E-state index < -0.39 is 16.1 Å². The second kappa shape index (κ2) is 7.51. The summed E-state index contributed by atoms with van der Waals surface area (Å²) in [5.74, 6) is -0.638. The van der Waals surface area contributed by atoms with Crippen LogP contribution in [0.1, 0.15) is 19.4 Å². The highest BCUT2D eigenvalue weighted by Gasteiger charge is 2.27. The third kappa shape index (κ3) is 4.17. The lowest BCUT2D eigenvalue weighted by molar-refractivity contribution is -0.126. The minimum atomic E-state index is -3.52. The Labute approximate surface area is 147 Å². The third-order valence-electron chi connectivity index (χ3n) is 4.26. The summed E-state index contributed by atoms with van der Waals surface area (Å²) in [5.41, 5.74) is 7.20. The van der Waals surface area contributed by atoms with Crippen molar-refractivity contribution in [3.05, 3.63) is 23.8 Å². The molecule has 0 saturated heterocycles. The maximum Gasteiger partial charge on any atom is 0.246 e. The molecule has 1 atom stereocenters. The summed E-state index contributed by atoms with van der Waals surface area (Å²) >= 11 is 0. The van der Waals surface area contributed by atoms with Gasteiger partial charge in [-0.1, -0.05) is 13.8 Å². The van der Waals surface area contributed by atoms with Crippen molar-refractivity contribution in [2.75, 3.05) is 25.0 Å². The van der Waals surface area contributed by atoms with Gasteiger partial charge in [0.15, 0.2) is 0 Å². The topological polar surface area (TPSA) is 122 Å². The van der Waals surface area contributed by atoms with Crippen LogP contribution in [0.15, 0.2) is 23.1 Å². The third-order valence-corrected chi connectivity index (χ3v) is 5.67. The number of amides is 2. The molecule has 138 valence electrons. The van der Waals surface area contributed by atoms with Crippen molar-refractivity contribution < 1.29 is 18.0 Å². The second-order valence-electron chi connectivity index (χ2n) is 6.28. The Morgan fingerprint density at radius 1 is 1.32 bits per heavy atom. The van der Waals surface area contributed by atoms with E-state index in [9.17, 15) is 18.0 Å². The number of carbonyl (C=O) groups excluding carboxylic acids is 2. The predicted octanol–water partition coefficient (Wildman–Crippen LogP) is -0.417. The molecular weight excluding hydrogens is 344 g/mol. The fourth-order valence-corrected chi connectivity index (χ4v) is 3.38. The molecule has 2 amide bonds. The fourth-order valence-electron chi connectivity index (χ4n) is 2.60. The fraction of sp³-hybridized carbons (Fsp3) is 0.500. The van der Waals surface area contributed by atoms with Crippen LogP contribution in [0, 0.1) is 5.92 Å². The lowest BCUT2D eigenvalue weighted by Gasteiger charge is -2.19. The van der Waals surface area contributed by atoms with Crippen LogP contribution in [0.2, 0.25) is 0 Å². The first-order chi connectivity index (χ1) is 11.7. The largest absolute Gasteiger partial charge is 0.346 e. The molecule has 1 heterocycles. The standard InChI is InChI=1S/C16H24N4O4S/c1-10(2)15(17)16(22)19-9-14(21)20-7-6-11-8-12(4-5-13(11)20)25(23,24)18-3/h4-5,8,10,15,18H,6-7,9,17H2,1-3H3,(H,19,22)/t15-/m0/s1. The van der Waals surface area contributed by atoms with Gasteiger partial charge in [-0.3, -0.25) is 9.59 Å². The number of hydrogen-bond acceptors (Lipinski definition) is 5. The Morgan fingerprint density at radius 2 is 2.00 bits per heavy atom. The van der Waals surface area contributed by atoms with Crippen molar-refractivity contribution in [2.45, 2.75) is 31.2 Å². The molecule has 1 aromatic rings. The number of anilines is 1. The molecule has 25 heavy (non-hydrogen) atoms. The van der Waals surface area contributed by atoms with Gasteiger partial charge >= 0.3 is 0 Å². The number of fused-ring (bicyclic) bond motifs is 1. The van der Waals surface area contributed by atoms with E-state index in [0.717, 1.165) is 5.56 Å². The minimum absolute atomic E-state index is 0.0184. The predicted molar refractivity (Wildman–Crippen MR) is 94.6 cm³/mol. The number of sulfonamides is 1. The van der Waals surface area contributed by atoms with Crippen molar-refractivity contribution in [1.29, 1.82) is 0 Å². The molecule has 8 nitrogen and oxygen atoms in total. The average Bonchev–Trinajstić information content (AvgIpc) is 3.01. The molecular formula is C16H24N4O4S. The van der Waals surface area contributed by atoms with E-state index >= 15 is 0 Å². The SMILES string of the molecule is CNS(=O)(=O)c1ccc2c(c1)CCN2C(=O)CNC(=O)[C@@H](N)C(C)C. The summed E-state index contributed by atoms with van der Waals surface area (Å²) in [6.07, 6.45) is 0.563. The first-order valence-corrected chi connectivity index (χ1v) is 9.56. The summed E-state index contributed by atoms with van der Waals surface area (Å²) in [6.45, 7) is 3.97. The van der Waals surface area contributed by atoms with Crippen molar-refractivity contribution >= 4 is 27.5 Å². The van der Waals surface area contributed by atoms with Crippen LogP contribution < -0.4 is 20.7 Å². The normalized spacial score (nSPS) is 15.2. The Morgan fingerprint density at radius 3 is 2.60 bits per heavy atom. The van der Waals surface area contributed by atoms with Crippen molar-refractivity contribution in [3.63, 3.8) is 0 Å². The molecule has 0 fully saturated rings. The first kappa shape index (κ1) is 19.4. The number of benzene rings is 1. The van der Waals surface area contributed by atoms with Gasteiger partial charge in [-0.2, -0.15) is 0 Å². The molecule has 0 bridgehead atoms. The van der Waals surface area contributed by atoms with Crippen LogP contribution in [-0.4, -0.2) is 46.4 Å². The molecule has 0 aliphatic carbocycles. The van der Waals surface area contributed by atoms with Crippen LogP contribution >= 0.6 is 0 Å². The smallest absolute Gasteiger partial charge is 0.246 e. The number of nitrogens with one attached hydrogen (secondary N) is 2. The highest BCUT2D eigenvalue weighted by Crippen LogP contribution is 2.30. The minimum Gasteiger partial charge on any atom is -0.346 e. The Bertz CT molecular complexity index is 776. The maximum atomic E-state index is 12.4. The molecule has 9 heteroatoms. The van der Waals surface area contributed by atoms with Gasteiger partial charge in [-0.05, 0) is 43.1 Å². The molecule has 0 saturated carbocycles. The second-order valence-corrected chi connectivity index (χ2v) is 8.17. The zero-order valence-corrected chi connectivity index (χ0v) is 15.4. The van der Waals surface area contributed by atoms with Gasteiger partial charge in [-0.15, -0.1) is 0 Å². The molecule has 2 rings (SSSR count). The number of hydrogen-bond donors (Lipinski definition) is 3. The molecule has 1 aromatic carbocycles. The quantitative estimate of drug-likeness (QED) is 0.630. The van der Waals surface area contributed by atoms with Crippen LogP contribution in [0.3, 0.4) is 0 Å². The molecule has 0 unspecified atom stereocenters. The van der Waals surface area contributed by atoms with Crippen LogP contribution in [-0.2, 0) is 26.0 Å². The number of carbonyl (C=O) groups is 2. The van der Waals surface area contributed by atoms with Crippen molar-refractivity contribution in [1.82, 2.24) is 10.0 Å².